The minimum absolute atomic E-state index is 0.0565. The molecule has 1 aromatic carbocycles. The van der Waals surface area contributed by atoms with Crippen LogP contribution in [0.25, 0.3) is 0 Å². The van der Waals surface area contributed by atoms with E-state index in [2.05, 4.69) is 0 Å². The van der Waals surface area contributed by atoms with E-state index in [1.807, 2.05) is 13.2 Å². The molecule has 0 aliphatic rings. The van der Waals surface area contributed by atoms with Crippen LogP contribution < -0.4 is 0 Å². The Bertz CT molecular complexity index is 549. The number of thioether (sulfide) groups is 1. The molecule has 1 unspecified atom stereocenters. The van der Waals surface area contributed by atoms with Crippen molar-refractivity contribution < 1.29 is 8.42 Å². The molecule has 0 radical (unpaired) electrons. The van der Waals surface area contributed by atoms with Crippen molar-refractivity contribution >= 4 is 45.0 Å². The number of hydrogen-bond donors (Lipinski definition) is 0. The molecule has 0 N–H and O–H groups in total. The van der Waals surface area contributed by atoms with Crippen molar-refractivity contribution in [3.8, 4) is 0 Å². The maximum atomic E-state index is 12.5. The first-order valence-electron chi connectivity index (χ1n) is 6.16. The largest absolute Gasteiger partial charge is 0.243 e. The maximum Gasteiger partial charge on any atom is 0.243 e. The smallest absolute Gasteiger partial charge is 0.207 e. The quantitative estimate of drug-likeness (QED) is 0.697. The van der Waals surface area contributed by atoms with E-state index in [0.717, 1.165) is 17.7 Å². The Morgan fingerprint density at radius 2 is 2.05 bits per heavy atom. The van der Waals surface area contributed by atoms with Gasteiger partial charge >= 0.3 is 0 Å². The lowest BCUT2D eigenvalue weighted by Gasteiger charge is -2.24. The maximum absolute atomic E-state index is 12.5. The average Bonchev–Trinajstić information content (AvgIpc) is 2.43. The van der Waals surface area contributed by atoms with Gasteiger partial charge in [0.1, 0.15) is 0 Å². The second-order valence-corrected chi connectivity index (χ2v) is 8.20. The van der Waals surface area contributed by atoms with Crippen molar-refractivity contribution in [2.24, 2.45) is 0 Å². The van der Waals surface area contributed by atoms with Crippen LogP contribution in [0.3, 0.4) is 0 Å². The van der Waals surface area contributed by atoms with Crippen molar-refractivity contribution in [2.75, 3.05) is 19.1 Å². The lowest BCUT2D eigenvalue weighted by Crippen LogP contribution is -2.35. The third kappa shape index (κ3) is 4.28. The summed E-state index contributed by atoms with van der Waals surface area (Å²) in [5.41, 5.74) is 0.727. The Labute approximate surface area is 135 Å². The van der Waals surface area contributed by atoms with Gasteiger partial charge in [-0.25, -0.2) is 8.42 Å². The summed E-state index contributed by atoms with van der Waals surface area (Å²) in [5, 5.41) is 0.381. The third-order valence-electron chi connectivity index (χ3n) is 3.21. The molecule has 0 aromatic heterocycles. The van der Waals surface area contributed by atoms with Gasteiger partial charge < -0.3 is 0 Å². The molecule has 0 aliphatic carbocycles. The zero-order valence-corrected chi connectivity index (χ0v) is 14.9. The summed E-state index contributed by atoms with van der Waals surface area (Å²) >= 11 is 13.5. The van der Waals surface area contributed by atoms with Crippen LogP contribution in [0.15, 0.2) is 23.1 Å². The standard InChI is InChI=1S/C13H19Cl2NO2S2/c1-10(6-7-19-3)16(2)20(17,18)12-5-4-11(9-14)13(15)8-12/h4-5,8,10H,6-7,9H2,1-3H3. The van der Waals surface area contributed by atoms with E-state index in [1.165, 1.54) is 10.4 Å². The van der Waals surface area contributed by atoms with E-state index in [1.54, 1.807) is 30.9 Å². The van der Waals surface area contributed by atoms with E-state index in [4.69, 9.17) is 23.2 Å². The molecule has 0 aliphatic heterocycles. The van der Waals surface area contributed by atoms with Gasteiger partial charge in [0.25, 0.3) is 0 Å². The summed E-state index contributed by atoms with van der Waals surface area (Å²) in [5.74, 6) is 1.19. The predicted octanol–water partition coefficient (Wildman–Crippen LogP) is 3.84. The molecule has 0 fully saturated rings. The van der Waals surface area contributed by atoms with Crippen molar-refractivity contribution in [3.05, 3.63) is 28.8 Å². The molecule has 0 saturated heterocycles. The highest BCUT2D eigenvalue weighted by atomic mass is 35.5. The second kappa shape index (κ2) is 7.90. The number of alkyl halides is 1. The second-order valence-electron chi connectivity index (χ2n) is 4.54. The number of hydrogen-bond acceptors (Lipinski definition) is 3. The first-order chi connectivity index (χ1) is 9.34. The summed E-state index contributed by atoms with van der Waals surface area (Å²) in [6.45, 7) is 1.91. The zero-order chi connectivity index (χ0) is 15.3. The summed E-state index contributed by atoms with van der Waals surface area (Å²) in [7, 11) is -1.92. The molecular weight excluding hydrogens is 337 g/mol. The van der Waals surface area contributed by atoms with Crippen molar-refractivity contribution in [2.45, 2.75) is 30.2 Å². The minimum atomic E-state index is -3.52. The van der Waals surface area contributed by atoms with Crippen molar-refractivity contribution in [1.82, 2.24) is 4.31 Å². The molecule has 7 heteroatoms. The van der Waals surface area contributed by atoms with Crippen LogP contribution in [0.5, 0.6) is 0 Å². The highest BCUT2D eigenvalue weighted by Gasteiger charge is 2.25. The normalized spacial score (nSPS) is 13.7. The Hall–Kier alpha value is 0.0600. The van der Waals surface area contributed by atoms with Crippen LogP contribution in [0, 0.1) is 0 Å². The fourth-order valence-electron chi connectivity index (χ4n) is 1.67. The van der Waals surface area contributed by atoms with Gasteiger partial charge in [-0.3, -0.25) is 0 Å². The fraction of sp³-hybridized carbons (Fsp3) is 0.538. The molecule has 0 saturated carbocycles. The van der Waals surface area contributed by atoms with E-state index in [0.29, 0.717) is 5.02 Å². The Balaban J connectivity index is 3.01. The lowest BCUT2D eigenvalue weighted by atomic mass is 10.2. The third-order valence-corrected chi connectivity index (χ3v) is 6.46. The molecule has 1 atom stereocenters. The number of rotatable bonds is 7. The van der Waals surface area contributed by atoms with Crippen molar-refractivity contribution in [1.29, 1.82) is 0 Å². The molecule has 1 aromatic rings. The first-order valence-corrected chi connectivity index (χ1v) is 9.90. The van der Waals surface area contributed by atoms with Crippen LogP contribution in [-0.4, -0.2) is 37.8 Å². The Morgan fingerprint density at radius 3 is 2.55 bits per heavy atom. The molecule has 3 nitrogen and oxygen atoms in total. The summed E-state index contributed by atoms with van der Waals surface area (Å²) in [4.78, 5) is 0.204. The van der Waals surface area contributed by atoms with E-state index < -0.39 is 10.0 Å². The summed E-state index contributed by atoms with van der Waals surface area (Å²) in [6, 6.07) is 4.62. The van der Waals surface area contributed by atoms with E-state index >= 15 is 0 Å². The topological polar surface area (TPSA) is 37.4 Å². The van der Waals surface area contributed by atoms with Gasteiger partial charge in [-0.2, -0.15) is 16.1 Å². The molecule has 0 amide bonds. The lowest BCUT2D eigenvalue weighted by molar-refractivity contribution is 0.382. The highest BCUT2D eigenvalue weighted by Crippen LogP contribution is 2.25. The van der Waals surface area contributed by atoms with E-state index in [-0.39, 0.29) is 16.8 Å². The fourth-order valence-corrected chi connectivity index (χ4v) is 4.28. The van der Waals surface area contributed by atoms with Gasteiger partial charge in [-0.1, -0.05) is 17.7 Å². The zero-order valence-electron chi connectivity index (χ0n) is 11.8. The number of benzene rings is 1. The summed E-state index contributed by atoms with van der Waals surface area (Å²) < 4.78 is 26.4. The van der Waals surface area contributed by atoms with E-state index in [9.17, 15) is 8.42 Å². The highest BCUT2D eigenvalue weighted by molar-refractivity contribution is 7.98. The number of halogens is 2. The van der Waals surface area contributed by atoms with Gasteiger partial charge in [0, 0.05) is 24.0 Å². The van der Waals surface area contributed by atoms with Gasteiger partial charge in [0.15, 0.2) is 0 Å². The SMILES string of the molecule is CSCCC(C)N(C)S(=O)(=O)c1ccc(CCl)c(Cl)c1. The van der Waals surface area contributed by atoms with Gasteiger partial charge in [-0.05, 0) is 43.0 Å². The number of nitrogens with zero attached hydrogens (tertiary/aromatic N) is 1. The van der Waals surface area contributed by atoms with Crippen molar-refractivity contribution in [3.63, 3.8) is 0 Å². The van der Waals surface area contributed by atoms with Crippen LogP contribution >= 0.6 is 35.0 Å². The van der Waals surface area contributed by atoms with Gasteiger partial charge in [0.05, 0.1) is 4.90 Å². The number of sulfonamides is 1. The Kier molecular flexibility index (Phi) is 7.15. The Morgan fingerprint density at radius 1 is 1.40 bits per heavy atom. The molecule has 114 valence electrons. The molecule has 1 rings (SSSR count). The molecule has 0 heterocycles. The van der Waals surface area contributed by atoms with Crippen LogP contribution in [0.4, 0.5) is 0 Å². The van der Waals surface area contributed by atoms with Crippen LogP contribution in [0.1, 0.15) is 18.9 Å². The predicted molar refractivity (Wildman–Crippen MR) is 88.4 cm³/mol. The first kappa shape index (κ1) is 18.1. The minimum Gasteiger partial charge on any atom is -0.207 e. The molecular formula is C13H19Cl2NO2S2. The molecule has 0 bridgehead atoms. The van der Waals surface area contributed by atoms with Gasteiger partial charge in [-0.15, -0.1) is 11.6 Å². The van der Waals surface area contributed by atoms with Gasteiger partial charge in [0.2, 0.25) is 10.0 Å². The monoisotopic (exact) mass is 355 g/mol. The average molecular weight is 356 g/mol. The van der Waals surface area contributed by atoms with Crippen LogP contribution in [0.2, 0.25) is 5.02 Å². The summed E-state index contributed by atoms with van der Waals surface area (Å²) in [6.07, 6.45) is 2.82. The molecule has 0 spiro atoms. The van der Waals surface area contributed by atoms with Crippen LogP contribution in [-0.2, 0) is 15.9 Å². The molecule has 20 heavy (non-hydrogen) atoms.